The molecule has 0 aromatic heterocycles. The largest absolute Gasteiger partial charge is 0.496 e. The molecule has 0 unspecified atom stereocenters. The normalized spacial score (nSPS) is 13.1. The van der Waals surface area contributed by atoms with Crippen LogP contribution in [0.1, 0.15) is 10.4 Å². The number of nitrogens with zero attached hydrogens (tertiary/aromatic N) is 2. The van der Waals surface area contributed by atoms with Crippen LogP contribution in [0.4, 0.5) is 10.5 Å². The molecule has 1 saturated heterocycles. The van der Waals surface area contributed by atoms with Gasteiger partial charge in [-0.3, -0.25) is 14.4 Å². The number of esters is 1. The first kappa shape index (κ1) is 23.6. The molecular formula is C23H26N4O6. The topological polar surface area (TPSA) is 117 Å². The maximum absolute atomic E-state index is 12.3. The lowest BCUT2D eigenvalue weighted by molar-refractivity contribution is -0.151. The van der Waals surface area contributed by atoms with Crippen molar-refractivity contribution in [3.05, 3.63) is 60.2 Å². The molecule has 1 aliphatic rings. The average molecular weight is 454 g/mol. The van der Waals surface area contributed by atoms with Crippen molar-refractivity contribution in [1.82, 2.24) is 15.1 Å². The van der Waals surface area contributed by atoms with E-state index in [1.165, 1.54) is 12.0 Å². The Hall–Kier alpha value is -4.08. The Bertz CT molecular complexity index is 989. The highest BCUT2D eigenvalue weighted by Crippen LogP contribution is 2.16. The van der Waals surface area contributed by atoms with E-state index in [1.807, 2.05) is 18.2 Å². The van der Waals surface area contributed by atoms with Crippen LogP contribution in [0.15, 0.2) is 54.6 Å². The van der Waals surface area contributed by atoms with Gasteiger partial charge in [0.15, 0.2) is 6.61 Å². The summed E-state index contributed by atoms with van der Waals surface area (Å²) in [4.78, 5) is 52.0. The molecule has 10 nitrogen and oxygen atoms in total. The third-order valence-electron chi connectivity index (χ3n) is 5.05. The number of para-hydroxylation sites is 2. The summed E-state index contributed by atoms with van der Waals surface area (Å²) in [7, 11) is 1.45. The van der Waals surface area contributed by atoms with E-state index in [-0.39, 0.29) is 24.0 Å². The molecule has 33 heavy (non-hydrogen) atoms. The predicted molar refractivity (Wildman–Crippen MR) is 120 cm³/mol. The summed E-state index contributed by atoms with van der Waals surface area (Å²) in [5.41, 5.74) is 0.990. The summed E-state index contributed by atoms with van der Waals surface area (Å²) >= 11 is 0. The number of anilines is 1. The third kappa shape index (κ3) is 6.70. The van der Waals surface area contributed by atoms with Gasteiger partial charge in [-0.25, -0.2) is 4.79 Å². The zero-order valence-corrected chi connectivity index (χ0v) is 18.3. The Morgan fingerprint density at radius 1 is 0.879 bits per heavy atom. The van der Waals surface area contributed by atoms with Crippen LogP contribution in [0.25, 0.3) is 0 Å². The van der Waals surface area contributed by atoms with Gasteiger partial charge in [-0.2, -0.15) is 0 Å². The Kier molecular flexibility index (Phi) is 8.23. The van der Waals surface area contributed by atoms with E-state index in [2.05, 4.69) is 10.6 Å². The van der Waals surface area contributed by atoms with Crippen LogP contribution < -0.4 is 15.4 Å². The number of methoxy groups -OCH3 is 1. The molecule has 2 aromatic carbocycles. The molecule has 1 fully saturated rings. The Balaban J connectivity index is 1.36. The first-order valence-electron chi connectivity index (χ1n) is 10.4. The van der Waals surface area contributed by atoms with Crippen LogP contribution in [0.5, 0.6) is 5.75 Å². The molecule has 2 N–H and O–H groups in total. The SMILES string of the molecule is COc1ccccc1C(=O)NCC(=O)OCC(=O)N1CCN(C(=O)Nc2ccccc2)CC1. The molecule has 0 bridgehead atoms. The lowest BCUT2D eigenvalue weighted by Crippen LogP contribution is -2.52. The number of carbonyl (C=O) groups excluding carboxylic acids is 4. The zero-order valence-electron chi connectivity index (χ0n) is 18.3. The van der Waals surface area contributed by atoms with E-state index in [0.29, 0.717) is 37.6 Å². The molecule has 0 atom stereocenters. The van der Waals surface area contributed by atoms with E-state index in [0.717, 1.165) is 0 Å². The maximum Gasteiger partial charge on any atom is 0.325 e. The first-order chi connectivity index (χ1) is 16.0. The summed E-state index contributed by atoms with van der Waals surface area (Å²) in [5.74, 6) is -1.19. The number of benzene rings is 2. The van der Waals surface area contributed by atoms with Gasteiger partial charge in [-0.05, 0) is 24.3 Å². The smallest absolute Gasteiger partial charge is 0.325 e. The van der Waals surface area contributed by atoms with Crippen LogP contribution in [-0.2, 0) is 14.3 Å². The third-order valence-corrected chi connectivity index (χ3v) is 5.05. The fourth-order valence-electron chi connectivity index (χ4n) is 3.25. The molecule has 1 aliphatic heterocycles. The monoisotopic (exact) mass is 454 g/mol. The lowest BCUT2D eigenvalue weighted by atomic mass is 10.2. The standard InChI is InChI=1S/C23H26N4O6/c1-32-19-10-6-5-9-18(19)22(30)24-15-21(29)33-16-20(28)26-11-13-27(14-12-26)23(31)25-17-7-3-2-4-8-17/h2-10H,11-16H2,1H3,(H,24,30)(H,25,31). The van der Waals surface area contributed by atoms with E-state index >= 15 is 0 Å². The van der Waals surface area contributed by atoms with Crippen molar-refractivity contribution in [3.63, 3.8) is 0 Å². The van der Waals surface area contributed by atoms with Crippen LogP contribution in [0, 0.1) is 0 Å². The maximum atomic E-state index is 12.3. The van der Waals surface area contributed by atoms with Gasteiger partial charge in [0.25, 0.3) is 11.8 Å². The number of rotatable bonds is 7. The summed E-state index contributed by atoms with van der Waals surface area (Å²) < 4.78 is 10.1. The molecule has 0 spiro atoms. The van der Waals surface area contributed by atoms with Crippen LogP contribution in [0.2, 0.25) is 0 Å². The molecular weight excluding hydrogens is 428 g/mol. The van der Waals surface area contributed by atoms with Gasteiger partial charge in [-0.1, -0.05) is 30.3 Å². The molecule has 0 saturated carbocycles. The van der Waals surface area contributed by atoms with Gasteiger partial charge in [0.05, 0.1) is 12.7 Å². The Morgan fingerprint density at radius 2 is 1.52 bits per heavy atom. The van der Waals surface area contributed by atoms with Crippen molar-refractivity contribution in [1.29, 1.82) is 0 Å². The van der Waals surface area contributed by atoms with Crippen molar-refractivity contribution in [2.45, 2.75) is 0 Å². The summed E-state index contributed by atoms with van der Waals surface area (Å²) in [5, 5.41) is 5.26. The second kappa shape index (κ2) is 11.5. The summed E-state index contributed by atoms with van der Waals surface area (Å²) in [6.45, 7) is 0.601. The van der Waals surface area contributed by atoms with Crippen molar-refractivity contribution >= 4 is 29.5 Å². The van der Waals surface area contributed by atoms with Gasteiger partial charge in [-0.15, -0.1) is 0 Å². The Labute approximate surface area is 191 Å². The zero-order chi connectivity index (χ0) is 23.6. The van der Waals surface area contributed by atoms with Gasteiger partial charge >= 0.3 is 12.0 Å². The molecule has 2 aromatic rings. The van der Waals surface area contributed by atoms with E-state index in [4.69, 9.17) is 9.47 Å². The van der Waals surface area contributed by atoms with Gasteiger partial charge < -0.3 is 29.9 Å². The van der Waals surface area contributed by atoms with Crippen molar-refractivity contribution in [2.75, 3.05) is 51.8 Å². The van der Waals surface area contributed by atoms with E-state index < -0.39 is 18.5 Å². The number of hydrogen-bond acceptors (Lipinski definition) is 6. The highest BCUT2D eigenvalue weighted by molar-refractivity contribution is 5.98. The van der Waals surface area contributed by atoms with Gasteiger partial charge in [0, 0.05) is 31.9 Å². The van der Waals surface area contributed by atoms with Gasteiger partial charge in [0.1, 0.15) is 12.3 Å². The van der Waals surface area contributed by atoms with Crippen molar-refractivity contribution in [3.8, 4) is 5.75 Å². The molecule has 10 heteroatoms. The van der Waals surface area contributed by atoms with Crippen molar-refractivity contribution in [2.24, 2.45) is 0 Å². The average Bonchev–Trinajstić information content (AvgIpc) is 2.86. The number of piperazine rings is 1. The number of nitrogens with one attached hydrogen (secondary N) is 2. The van der Waals surface area contributed by atoms with E-state index in [1.54, 1.807) is 41.3 Å². The predicted octanol–water partition coefficient (Wildman–Crippen LogP) is 1.34. The second-order valence-corrected chi connectivity index (χ2v) is 7.21. The van der Waals surface area contributed by atoms with Gasteiger partial charge in [0.2, 0.25) is 0 Å². The molecule has 3 rings (SSSR count). The molecule has 1 heterocycles. The number of amides is 4. The number of hydrogen-bond donors (Lipinski definition) is 2. The lowest BCUT2D eigenvalue weighted by Gasteiger charge is -2.34. The summed E-state index contributed by atoms with van der Waals surface area (Å²) in [6.07, 6.45) is 0. The number of urea groups is 1. The minimum atomic E-state index is -0.729. The van der Waals surface area contributed by atoms with Crippen LogP contribution in [0.3, 0.4) is 0 Å². The molecule has 174 valence electrons. The van der Waals surface area contributed by atoms with Crippen LogP contribution in [-0.4, -0.2) is 80.1 Å². The molecule has 0 aliphatic carbocycles. The van der Waals surface area contributed by atoms with Crippen molar-refractivity contribution < 1.29 is 28.7 Å². The fourth-order valence-corrected chi connectivity index (χ4v) is 3.25. The molecule has 0 radical (unpaired) electrons. The highest BCUT2D eigenvalue weighted by Gasteiger charge is 2.25. The fraction of sp³-hybridized carbons (Fsp3) is 0.304. The highest BCUT2D eigenvalue weighted by atomic mass is 16.5. The minimum absolute atomic E-state index is 0.231. The number of ether oxygens (including phenoxy) is 2. The quantitative estimate of drug-likeness (QED) is 0.610. The second-order valence-electron chi connectivity index (χ2n) is 7.21. The number of carbonyl (C=O) groups is 4. The Morgan fingerprint density at radius 3 is 2.21 bits per heavy atom. The first-order valence-corrected chi connectivity index (χ1v) is 10.4. The minimum Gasteiger partial charge on any atom is -0.496 e. The summed E-state index contributed by atoms with van der Waals surface area (Å²) in [6, 6.07) is 15.5. The van der Waals surface area contributed by atoms with Crippen LogP contribution >= 0.6 is 0 Å². The van der Waals surface area contributed by atoms with E-state index in [9.17, 15) is 19.2 Å². The molecule has 4 amide bonds.